The molecule has 3 nitrogen and oxygen atoms in total. The van der Waals surface area contributed by atoms with Gasteiger partial charge in [-0.25, -0.2) is 4.79 Å². The molecule has 3 aromatic rings. The summed E-state index contributed by atoms with van der Waals surface area (Å²) in [7, 11) is 0. The molecule has 0 saturated carbocycles. The third kappa shape index (κ3) is 2.50. The molecule has 1 aromatic heterocycles. The molecular weight excluding hydrogens is 262 g/mol. The van der Waals surface area contributed by atoms with Gasteiger partial charge >= 0.3 is 5.97 Å². The number of benzene rings is 2. The van der Waals surface area contributed by atoms with E-state index in [1.807, 2.05) is 56.3 Å². The van der Waals surface area contributed by atoms with Crippen LogP contribution in [0.2, 0.25) is 0 Å². The van der Waals surface area contributed by atoms with Gasteiger partial charge < -0.3 is 5.11 Å². The first-order chi connectivity index (χ1) is 10.0. The van der Waals surface area contributed by atoms with E-state index in [1.54, 1.807) is 6.07 Å². The summed E-state index contributed by atoms with van der Waals surface area (Å²) < 4.78 is 0. The van der Waals surface area contributed by atoms with Gasteiger partial charge in [0.2, 0.25) is 0 Å². The predicted octanol–water partition coefficient (Wildman–Crippen LogP) is 4.22. The van der Waals surface area contributed by atoms with Gasteiger partial charge in [0.1, 0.15) is 0 Å². The van der Waals surface area contributed by atoms with Crippen molar-refractivity contribution in [3.05, 3.63) is 65.4 Å². The molecule has 0 bridgehead atoms. The fourth-order valence-electron chi connectivity index (χ4n) is 2.48. The molecule has 1 heterocycles. The van der Waals surface area contributed by atoms with E-state index in [4.69, 9.17) is 0 Å². The molecule has 1 N–H and O–H groups in total. The molecule has 0 atom stereocenters. The maximum absolute atomic E-state index is 11.4. The molecule has 0 aliphatic rings. The standard InChI is InChI=1S/C18H15NO2/c1-11-3-7-15(16(9-11)18(20)21)13-6-8-17-14(10-13)5-4-12(2)19-17/h3-10H,1-2H3,(H,20,21). The topological polar surface area (TPSA) is 50.2 Å². The summed E-state index contributed by atoms with van der Waals surface area (Å²) in [6, 6.07) is 15.3. The minimum absolute atomic E-state index is 0.328. The average molecular weight is 277 g/mol. The Labute approximate surface area is 122 Å². The SMILES string of the molecule is Cc1ccc(-c2ccc3nc(C)ccc3c2)c(C(=O)O)c1. The van der Waals surface area contributed by atoms with Gasteiger partial charge in [0.15, 0.2) is 0 Å². The summed E-state index contributed by atoms with van der Waals surface area (Å²) in [6.07, 6.45) is 0. The van der Waals surface area contributed by atoms with Crippen molar-refractivity contribution in [1.82, 2.24) is 4.98 Å². The maximum atomic E-state index is 11.4. The zero-order valence-electron chi connectivity index (χ0n) is 11.9. The zero-order chi connectivity index (χ0) is 15.0. The fraction of sp³-hybridized carbons (Fsp3) is 0.111. The van der Waals surface area contributed by atoms with Crippen LogP contribution in [0.4, 0.5) is 0 Å². The van der Waals surface area contributed by atoms with Crippen LogP contribution >= 0.6 is 0 Å². The lowest BCUT2D eigenvalue weighted by molar-refractivity contribution is 0.0697. The molecule has 2 aromatic carbocycles. The number of fused-ring (bicyclic) bond motifs is 1. The maximum Gasteiger partial charge on any atom is 0.336 e. The van der Waals surface area contributed by atoms with Gasteiger partial charge in [-0.3, -0.25) is 4.98 Å². The van der Waals surface area contributed by atoms with Crippen molar-refractivity contribution < 1.29 is 9.90 Å². The molecule has 0 saturated heterocycles. The van der Waals surface area contributed by atoms with E-state index in [0.717, 1.165) is 33.3 Å². The van der Waals surface area contributed by atoms with Gasteiger partial charge in [-0.15, -0.1) is 0 Å². The van der Waals surface area contributed by atoms with Gasteiger partial charge in [0.05, 0.1) is 11.1 Å². The number of nitrogens with zero attached hydrogens (tertiary/aromatic N) is 1. The summed E-state index contributed by atoms with van der Waals surface area (Å²) in [4.78, 5) is 15.9. The Kier molecular flexibility index (Phi) is 3.18. The molecule has 0 unspecified atom stereocenters. The van der Waals surface area contributed by atoms with Crippen LogP contribution in [0.25, 0.3) is 22.0 Å². The average Bonchev–Trinajstić information content (AvgIpc) is 2.46. The lowest BCUT2D eigenvalue weighted by Gasteiger charge is -2.09. The summed E-state index contributed by atoms with van der Waals surface area (Å²) in [5.74, 6) is -0.907. The van der Waals surface area contributed by atoms with E-state index in [0.29, 0.717) is 5.56 Å². The van der Waals surface area contributed by atoms with E-state index in [9.17, 15) is 9.90 Å². The highest BCUT2D eigenvalue weighted by atomic mass is 16.4. The van der Waals surface area contributed by atoms with Gasteiger partial charge in [-0.2, -0.15) is 0 Å². The van der Waals surface area contributed by atoms with Crippen LogP contribution in [0.3, 0.4) is 0 Å². The fourth-order valence-corrected chi connectivity index (χ4v) is 2.48. The van der Waals surface area contributed by atoms with Crippen molar-refractivity contribution in [2.75, 3.05) is 0 Å². The van der Waals surface area contributed by atoms with Crippen molar-refractivity contribution >= 4 is 16.9 Å². The highest BCUT2D eigenvalue weighted by Gasteiger charge is 2.12. The Morgan fingerprint density at radius 2 is 1.81 bits per heavy atom. The first-order valence-electron chi connectivity index (χ1n) is 6.76. The largest absolute Gasteiger partial charge is 0.478 e. The van der Waals surface area contributed by atoms with Crippen LogP contribution in [-0.4, -0.2) is 16.1 Å². The molecular formula is C18H15NO2. The number of aryl methyl sites for hydroxylation is 2. The van der Waals surface area contributed by atoms with E-state index < -0.39 is 5.97 Å². The molecule has 0 fully saturated rings. The van der Waals surface area contributed by atoms with Crippen LogP contribution < -0.4 is 0 Å². The second kappa shape index (κ2) is 5.02. The number of aromatic nitrogens is 1. The minimum atomic E-state index is -0.907. The summed E-state index contributed by atoms with van der Waals surface area (Å²) >= 11 is 0. The van der Waals surface area contributed by atoms with Crippen molar-refractivity contribution in [3.63, 3.8) is 0 Å². The second-order valence-electron chi connectivity index (χ2n) is 5.21. The number of aromatic carboxylic acids is 1. The molecule has 3 heteroatoms. The number of carboxylic acid groups (broad SMARTS) is 1. The van der Waals surface area contributed by atoms with Crippen molar-refractivity contribution in [2.45, 2.75) is 13.8 Å². The van der Waals surface area contributed by atoms with Crippen molar-refractivity contribution in [3.8, 4) is 11.1 Å². The molecule has 104 valence electrons. The molecule has 0 aliphatic carbocycles. The Balaban J connectivity index is 2.21. The number of hydrogen-bond acceptors (Lipinski definition) is 2. The van der Waals surface area contributed by atoms with Crippen LogP contribution in [0.5, 0.6) is 0 Å². The van der Waals surface area contributed by atoms with E-state index >= 15 is 0 Å². The van der Waals surface area contributed by atoms with Crippen LogP contribution in [0.1, 0.15) is 21.6 Å². The number of rotatable bonds is 2. The monoisotopic (exact) mass is 277 g/mol. The number of hydrogen-bond donors (Lipinski definition) is 1. The Bertz CT molecular complexity index is 853. The van der Waals surface area contributed by atoms with E-state index in [2.05, 4.69) is 4.98 Å². The molecule has 0 amide bonds. The second-order valence-corrected chi connectivity index (χ2v) is 5.21. The van der Waals surface area contributed by atoms with Crippen LogP contribution in [0, 0.1) is 13.8 Å². The third-order valence-corrected chi connectivity index (χ3v) is 3.54. The highest BCUT2D eigenvalue weighted by molar-refractivity contribution is 5.97. The molecule has 0 spiro atoms. The Hall–Kier alpha value is -2.68. The van der Waals surface area contributed by atoms with Gasteiger partial charge in [0, 0.05) is 11.1 Å². The Morgan fingerprint density at radius 1 is 1.00 bits per heavy atom. The molecule has 0 radical (unpaired) electrons. The first-order valence-corrected chi connectivity index (χ1v) is 6.76. The van der Waals surface area contributed by atoms with Crippen molar-refractivity contribution in [1.29, 1.82) is 0 Å². The van der Waals surface area contributed by atoms with Gasteiger partial charge in [0.25, 0.3) is 0 Å². The summed E-state index contributed by atoms with van der Waals surface area (Å²) in [5.41, 5.74) is 4.78. The first kappa shape index (κ1) is 13.3. The van der Waals surface area contributed by atoms with Crippen LogP contribution in [-0.2, 0) is 0 Å². The number of carbonyl (C=O) groups is 1. The lowest BCUT2D eigenvalue weighted by atomic mass is 9.96. The van der Waals surface area contributed by atoms with Gasteiger partial charge in [-0.05, 0) is 49.2 Å². The van der Waals surface area contributed by atoms with E-state index in [-0.39, 0.29) is 0 Å². The lowest BCUT2D eigenvalue weighted by Crippen LogP contribution is -2.00. The highest BCUT2D eigenvalue weighted by Crippen LogP contribution is 2.27. The number of pyridine rings is 1. The third-order valence-electron chi connectivity index (χ3n) is 3.54. The Morgan fingerprint density at radius 3 is 2.57 bits per heavy atom. The smallest absolute Gasteiger partial charge is 0.336 e. The van der Waals surface area contributed by atoms with Crippen molar-refractivity contribution in [2.24, 2.45) is 0 Å². The van der Waals surface area contributed by atoms with Gasteiger partial charge in [-0.1, -0.05) is 29.8 Å². The summed E-state index contributed by atoms with van der Waals surface area (Å²) in [6.45, 7) is 3.85. The normalized spacial score (nSPS) is 10.8. The zero-order valence-corrected chi connectivity index (χ0v) is 11.9. The van der Waals surface area contributed by atoms with E-state index in [1.165, 1.54) is 0 Å². The minimum Gasteiger partial charge on any atom is -0.478 e. The molecule has 0 aliphatic heterocycles. The predicted molar refractivity (Wildman–Crippen MR) is 83.6 cm³/mol. The quantitative estimate of drug-likeness (QED) is 0.763. The molecule has 21 heavy (non-hydrogen) atoms. The summed E-state index contributed by atoms with van der Waals surface area (Å²) in [5, 5.41) is 10.4. The molecule has 3 rings (SSSR count). The number of carboxylic acids is 1. The van der Waals surface area contributed by atoms with Crippen LogP contribution in [0.15, 0.2) is 48.5 Å².